The van der Waals surface area contributed by atoms with Crippen LogP contribution < -0.4 is 16.2 Å². The molecule has 0 atom stereocenters. The number of nitrogen functional groups attached to an aromatic ring is 1. The van der Waals surface area contributed by atoms with E-state index < -0.39 is 10.0 Å². The molecule has 0 saturated heterocycles. The monoisotopic (exact) mass is 309 g/mol. The predicted molar refractivity (Wildman–Crippen MR) is 81.4 cm³/mol. The maximum atomic E-state index is 13.5. The van der Waals surface area contributed by atoms with E-state index in [-0.39, 0.29) is 16.4 Å². The molecule has 0 aliphatic rings. The Balaban J connectivity index is 2.55. The molecule has 0 amide bonds. The summed E-state index contributed by atoms with van der Waals surface area (Å²) in [6.07, 6.45) is 0. The van der Waals surface area contributed by atoms with Crippen LogP contribution >= 0.6 is 0 Å². The Kier molecular flexibility index (Phi) is 3.89. The number of primary sulfonamides is 1. The Morgan fingerprint density at radius 2 is 1.76 bits per heavy atom. The molecule has 5 nitrogen and oxygen atoms in total. The first kappa shape index (κ1) is 15.3. The van der Waals surface area contributed by atoms with Gasteiger partial charge in [-0.15, -0.1) is 0 Å². The number of nitrogens with two attached hydrogens (primary N) is 2. The van der Waals surface area contributed by atoms with Gasteiger partial charge in [0.15, 0.2) is 0 Å². The molecule has 7 heteroatoms. The van der Waals surface area contributed by atoms with Crippen LogP contribution in [0.5, 0.6) is 0 Å². The van der Waals surface area contributed by atoms with Crippen molar-refractivity contribution in [3.8, 4) is 0 Å². The summed E-state index contributed by atoms with van der Waals surface area (Å²) in [6.45, 7) is 3.23. The van der Waals surface area contributed by atoms with Gasteiger partial charge in [-0.2, -0.15) is 0 Å². The van der Waals surface area contributed by atoms with Gasteiger partial charge in [-0.05, 0) is 43.7 Å². The van der Waals surface area contributed by atoms with E-state index in [1.165, 1.54) is 12.1 Å². The van der Waals surface area contributed by atoms with Crippen LogP contribution in [0.3, 0.4) is 0 Å². The molecule has 0 aliphatic heterocycles. The van der Waals surface area contributed by atoms with Crippen LogP contribution in [0.15, 0.2) is 35.2 Å². The average molecular weight is 309 g/mol. The Morgan fingerprint density at radius 3 is 2.38 bits per heavy atom. The van der Waals surface area contributed by atoms with Crippen molar-refractivity contribution in [2.24, 2.45) is 5.14 Å². The molecule has 112 valence electrons. The third-order valence-electron chi connectivity index (χ3n) is 3.23. The third-order valence-corrected chi connectivity index (χ3v) is 4.26. The molecule has 2 aromatic carbocycles. The fourth-order valence-electron chi connectivity index (χ4n) is 2.02. The van der Waals surface area contributed by atoms with Crippen molar-refractivity contribution in [2.75, 3.05) is 11.1 Å². The number of nitrogens with one attached hydrogen (secondary N) is 1. The number of hydrogen-bond acceptors (Lipinski definition) is 4. The van der Waals surface area contributed by atoms with Crippen molar-refractivity contribution in [1.82, 2.24) is 0 Å². The smallest absolute Gasteiger partial charge is 0.238 e. The summed E-state index contributed by atoms with van der Waals surface area (Å²) >= 11 is 0. The van der Waals surface area contributed by atoms with Crippen molar-refractivity contribution in [3.05, 3.63) is 47.3 Å². The van der Waals surface area contributed by atoms with Crippen LogP contribution in [0.25, 0.3) is 0 Å². The quantitative estimate of drug-likeness (QED) is 0.758. The topological polar surface area (TPSA) is 98.2 Å². The van der Waals surface area contributed by atoms with Crippen molar-refractivity contribution in [2.45, 2.75) is 18.7 Å². The first-order valence-corrected chi connectivity index (χ1v) is 7.70. The summed E-state index contributed by atoms with van der Waals surface area (Å²) in [4.78, 5) is -0.0564. The number of halogens is 1. The van der Waals surface area contributed by atoms with Gasteiger partial charge < -0.3 is 11.1 Å². The zero-order valence-corrected chi connectivity index (χ0v) is 12.5. The minimum atomic E-state index is -3.88. The van der Waals surface area contributed by atoms with Gasteiger partial charge in [0.05, 0.1) is 4.90 Å². The second-order valence-corrected chi connectivity index (χ2v) is 6.30. The molecule has 0 spiro atoms. The highest BCUT2D eigenvalue weighted by atomic mass is 32.2. The van der Waals surface area contributed by atoms with E-state index in [9.17, 15) is 12.8 Å². The van der Waals surface area contributed by atoms with Gasteiger partial charge in [0.2, 0.25) is 10.0 Å². The highest BCUT2D eigenvalue weighted by molar-refractivity contribution is 7.89. The minimum Gasteiger partial charge on any atom is -0.399 e. The first-order chi connectivity index (χ1) is 9.70. The average Bonchev–Trinajstić information content (AvgIpc) is 2.37. The Bertz CT molecular complexity index is 804. The summed E-state index contributed by atoms with van der Waals surface area (Å²) < 4.78 is 36.7. The molecule has 0 bridgehead atoms. The second-order valence-electron chi connectivity index (χ2n) is 4.77. The summed E-state index contributed by atoms with van der Waals surface area (Å²) in [5.74, 6) is -0.353. The minimum absolute atomic E-state index is 0.0564. The molecule has 5 N–H and O–H groups in total. The van der Waals surface area contributed by atoms with Gasteiger partial charge in [0.1, 0.15) is 5.82 Å². The molecular formula is C14H16FN3O2S. The van der Waals surface area contributed by atoms with Crippen molar-refractivity contribution < 1.29 is 12.8 Å². The van der Waals surface area contributed by atoms with E-state index in [4.69, 9.17) is 10.9 Å². The molecular weight excluding hydrogens is 293 g/mol. The molecule has 0 aliphatic carbocycles. The standard InChI is InChI=1S/C14H16FN3O2S/c1-8-11(15)4-3-5-12(8)18-13-6-10(16)7-14(9(13)2)21(17,19)20/h3-7,18H,16H2,1-2H3,(H2,17,19,20). The van der Waals surface area contributed by atoms with Crippen molar-refractivity contribution in [1.29, 1.82) is 0 Å². The van der Waals surface area contributed by atoms with Gasteiger partial charge in [-0.25, -0.2) is 17.9 Å². The molecule has 0 saturated carbocycles. The van der Waals surface area contributed by atoms with Crippen LogP contribution in [0, 0.1) is 19.7 Å². The van der Waals surface area contributed by atoms with Crippen LogP contribution in [-0.2, 0) is 10.0 Å². The van der Waals surface area contributed by atoms with E-state index >= 15 is 0 Å². The normalized spacial score (nSPS) is 11.4. The SMILES string of the molecule is Cc1c(F)cccc1Nc1cc(N)cc(S(N)(=O)=O)c1C. The van der Waals surface area contributed by atoms with E-state index in [1.54, 1.807) is 32.0 Å². The third kappa shape index (κ3) is 3.14. The Morgan fingerprint density at radius 1 is 1.10 bits per heavy atom. The van der Waals surface area contributed by atoms with Crippen molar-refractivity contribution >= 4 is 27.1 Å². The number of rotatable bonds is 3. The largest absolute Gasteiger partial charge is 0.399 e. The zero-order chi connectivity index (χ0) is 15.8. The summed E-state index contributed by atoms with van der Waals surface area (Å²) in [6, 6.07) is 7.48. The van der Waals surface area contributed by atoms with E-state index in [2.05, 4.69) is 5.32 Å². The molecule has 0 unspecified atom stereocenters. The first-order valence-electron chi connectivity index (χ1n) is 6.15. The van der Waals surface area contributed by atoms with Crippen LogP contribution in [-0.4, -0.2) is 8.42 Å². The van der Waals surface area contributed by atoms with Crippen LogP contribution in [0.4, 0.5) is 21.5 Å². The van der Waals surface area contributed by atoms with Gasteiger partial charge >= 0.3 is 0 Å². The number of anilines is 3. The fourth-order valence-corrected chi connectivity index (χ4v) is 2.86. The molecule has 0 heterocycles. The Hall–Kier alpha value is -2.12. The number of benzene rings is 2. The van der Waals surface area contributed by atoms with E-state index in [0.29, 0.717) is 22.5 Å². The lowest BCUT2D eigenvalue weighted by Gasteiger charge is -2.15. The highest BCUT2D eigenvalue weighted by Gasteiger charge is 2.16. The summed E-state index contributed by atoms with van der Waals surface area (Å²) in [5.41, 5.74) is 7.81. The summed E-state index contributed by atoms with van der Waals surface area (Å²) in [5, 5.41) is 8.17. The van der Waals surface area contributed by atoms with Crippen LogP contribution in [0.2, 0.25) is 0 Å². The van der Waals surface area contributed by atoms with Gasteiger partial charge in [-0.3, -0.25) is 0 Å². The van der Waals surface area contributed by atoms with Gasteiger partial charge in [-0.1, -0.05) is 6.07 Å². The molecule has 2 rings (SSSR count). The van der Waals surface area contributed by atoms with E-state index in [1.807, 2.05) is 0 Å². The molecule has 21 heavy (non-hydrogen) atoms. The predicted octanol–water partition coefficient (Wildman–Crippen LogP) is 2.42. The number of hydrogen-bond donors (Lipinski definition) is 3. The Labute approximate surface area is 122 Å². The zero-order valence-electron chi connectivity index (χ0n) is 11.6. The molecule has 0 fully saturated rings. The molecule has 0 radical (unpaired) electrons. The lowest BCUT2D eigenvalue weighted by molar-refractivity contribution is 0.597. The summed E-state index contributed by atoms with van der Waals surface area (Å²) in [7, 11) is -3.88. The van der Waals surface area contributed by atoms with Crippen LogP contribution in [0.1, 0.15) is 11.1 Å². The number of sulfonamides is 1. The lowest BCUT2D eigenvalue weighted by Crippen LogP contribution is -2.15. The maximum Gasteiger partial charge on any atom is 0.238 e. The second kappa shape index (κ2) is 5.34. The van der Waals surface area contributed by atoms with E-state index in [0.717, 1.165) is 0 Å². The molecule has 2 aromatic rings. The maximum absolute atomic E-state index is 13.5. The van der Waals surface area contributed by atoms with Gasteiger partial charge in [0.25, 0.3) is 0 Å². The highest BCUT2D eigenvalue weighted by Crippen LogP contribution is 2.30. The lowest BCUT2D eigenvalue weighted by atomic mass is 10.1. The molecule has 0 aromatic heterocycles. The van der Waals surface area contributed by atoms with Gasteiger partial charge in [0, 0.05) is 22.6 Å². The van der Waals surface area contributed by atoms with Crippen molar-refractivity contribution in [3.63, 3.8) is 0 Å². The fraction of sp³-hybridized carbons (Fsp3) is 0.143.